The number of nitrogens with zero attached hydrogens (tertiary/aromatic N) is 1. The van der Waals surface area contributed by atoms with Gasteiger partial charge in [0.15, 0.2) is 11.5 Å². The first kappa shape index (κ1) is 13.6. The largest absolute Gasteiger partial charge is 0.478 e. The number of hydrogen-bond acceptors (Lipinski definition) is 5. The van der Waals surface area contributed by atoms with E-state index in [1.165, 1.54) is 17.4 Å². The van der Waals surface area contributed by atoms with Crippen molar-refractivity contribution in [2.24, 2.45) is 0 Å². The number of allylic oxidation sites excluding steroid dienone is 1. The van der Waals surface area contributed by atoms with Crippen LogP contribution in [0.2, 0.25) is 0 Å². The number of fused-ring (bicyclic) bond motifs is 1. The molecule has 6 heteroatoms. The fourth-order valence-electron chi connectivity index (χ4n) is 2.18. The van der Waals surface area contributed by atoms with Crippen LogP contribution in [-0.4, -0.2) is 22.9 Å². The molecule has 3 rings (SSSR count). The molecule has 1 aromatic carbocycles. The van der Waals surface area contributed by atoms with Gasteiger partial charge in [-0.3, -0.25) is 0 Å². The fourth-order valence-corrected chi connectivity index (χ4v) is 3.10. The van der Waals surface area contributed by atoms with Crippen LogP contribution in [-0.2, 0) is 4.79 Å². The number of hydrogen-bond donors (Lipinski definition) is 1. The second-order valence-corrected chi connectivity index (χ2v) is 5.85. The van der Waals surface area contributed by atoms with Gasteiger partial charge in [0.05, 0.1) is 15.6 Å². The summed E-state index contributed by atoms with van der Waals surface area (Å²) in [6, 6.07) is 5.61. The van der Waals surface area contributed by atoms with Gasteiger partial charge in [-0.15, -0.1) is 11.3 Å². The Bertz CT molecular complexity index is 748. The van der Waals surface area contributed by atoms with Gasteiger partial charge < -0.3 is 14.6 Å². The molecule has 2 heterocycles. The molecule has 5 nitrogen and oxygen atoms in total. The highest BCUT2D eigenvalue weighted by Crippen LogP contribution is 2.39. The number of thiazole rings is 1. The van der Waals surface area contributed by atoms with E-state index in [1.807, 2.05) is 25.1 Å². The summed E-state index contributed by atoms with van der Waals surface area (Å²) < 4.78 is 10.7. The summed E-state index contributed by atoms with van der Waals surface area (Å²) in [6.07, 6.45) is 1.20. The second kappa shape index (κ2) is 5.21. The van der Waals surface area contributed by atoms with Crippen molar-refractivity contribution in [2.75, 3.05) is 6.79 Å². The van der Waals surface area contributed by atoms with Crippen molar-refractivity contribution in [1.29, 1.82) is 0 Å². The van der Waals surface area contributed by atoms with Gasteiger partial charge in [0.25, 0.3) is 0 Å². The molecule has 0 aliphatic carbocycles. The highest BCUT2D eigenvalue weighted by Gasteiger charge is 2.18. The quantitative estimate of drug-likeness (QED) is 0.881. The van der Waals surface area contributed by atoms with Crippen molar-refractivity contribution in [2.45, 2.75) is 13.8 Å². The molecule has 21 heavy (non-hydrogen) atoms. The Balaban J connectivity index is 2.09. The lowest BCUT2D eigenvalue weighted by Gasteiger charge is -2.04. The lowest BCUT2D eigenvalue weighted by molar-refractivity contribution is -0.131. The smallest absolute Gasteiger partial charge is 0.328 e. The van der Waals surface area contributed by atoms with E-state index in [2.05, 4.69) is 4.98 Å². The zero-order valence-corrected chi connectivity index (χ0v) is 12.4. The highest BCUT2D eigenvalue weighted by molar-refractivity contribution is 7.13. The molecule has 1 N–H and O–H groups in total. The number of carboxylic acid groups (broad SMARTS) is 1. The van der Waals surface area contributed by atoms with Crippen LogP contribution in [0.1, 0.15) is 16.8 Å². The van der Waals surface area contributed by atoms with Gasteiger partial charge in [-0.25, -0.2) is 9.78 Å². The number of aliphatic carboxylic acids is 1. The monoisotopic (exact) mass is 303 g/mol. The lowest BCUT2D eigenvalue weighted by atomic mass is 10.1. The minimum Gasteiger partial charge on any atom is -0.478 e. The third-order valence-electron chi connectivity index (χ3n) is 3.08. The summed E-state index contributed by atoms with van der Waals surface area (Å²) in [7, 11) is 0. The van der Waals surface area contributed by atoms with E-state index in [4.69, 9.17) is 14.6 Å². The first-order valence-electron chi connectivity index (χ1n) is 6.33. The number of carboxylic acids is 1. The Labute approximate surface area is 125 Å². The van der Waals surface area contributed by atoms with Crippen molar-refractivity contribution in [3.8, 4) is 22.8 Å². The van der Waals surface area contributed by atoms with Crippen LogP contribution < -0.4 is 9.47 Å². The molecule has 0 atom stereocenters. The van der Waals surface area contributed by atoms with E-state index in [-0.39, 0.29) is 6.79 Å². The summed E-state index contributed by atoms with van der Waals surface area (Å²) in [5.74, 6) is 0.434. The predicted octanol–water partition coefficient (Wildman–Crippen LogP) is 3.34. The SMILES string of the molecule is C/C(=C\C(=O)O)c1sc(C)nc1-c1ccc2c(c1)OCO2. The van der Waals surface area contributed by atoms with Crippen LogP contribution in [0.15, 0.2) is 24.3 Å². The fraction of sp³-hybridized carbons (Fsp3) is 0.200. The first-order valence-corrected chi connectivity index (χ1v) is 7.15. The maximum absolute atomic E-state index is 10.9. The molecular weight excluding hydrogens is 290 g/mol. The third-order valence-corrected chi connectivity index (χ3v) is 4.18. The van der Waals surface area contributed by atoms with E-state index < -0.39 is 5.97 Å². The topological polar surface area (TPSA) is 68.7 Å². The molecule has 0 unspecified atom stereocenters. The number of carbonyl (C=O) groups is 1. The normalized spacial score (nSPS) is 13.5. The lowest BCUT2D eigenvalue weighted by Crippen LogP contribution is -1.93. The molecule has 0 spiro atoms. The van der Waals surface area contributed by atoms with Crippen LogP contribution >= 0.6 is 11.3 Å². The van der Waals surface area contributed by atoms with E-state index in [0.29, 0.717) is 17.1 Å². The Morgan fingerprint density at radius 3 is 2.90 bits per heavy atom. The van der Waals surface area contributed by atoms with Gasteiger partial charge in [0.2, 0.25) is 6.79 Å². The van der Waals surface area contributed by atoms with Crippen LogP contribution in [0.5, 0.6) is 11.5 Å². The Kier molecular flexibility index (Phi) is 3.39. The van der Waals surface area contributed by atoms with E-state index in [0.717, 1.165) is 21.1 Å². The summed E-state index contributed by atoms with van der Waals surface area (Å²) in [4.78, 5) is 16.2. The van der Waals surface area contributed by atoms with Crippen LogP contribution in [0.4, 0.5) is 0 Å². The molecule has 0 radical (unpaired) electrons. The molecule has 108 valence electrons. The summed E-state index contributed by atoms with van der Waals surface area (Å²) in [5, 5.41) is 9.80. The van der Waals surface area contributed by atoms with Crippen LogP contribution in [0.3, 0.4) is 0 Å². The summed E-state index contributed by atoms with van der Waals surface area (Å²) in [5.41, 5.74) is 2.34. The van der Waals surface area contributed by atoms with Gasteiger partial charge >= 0.3 is 5.97 Å². The molecular formula is C15H13NO4S. The van der Waals surface area contributed by atoms with Crippen molar-refractivity contribution in [1.82, 2.24) is 4.98 Å². The van der Waals surface area contributed by atoms with Gasteiger partial charge in [-0.1, -0.05) is 0 Å². The maximum Gasteiger partial charge on any atom is 0.328 e. The summed E-state index contributed by atoms with van der Waals surface area (Å²) >= 11 is 1.48. The molecule has 0 bridgehead atoms. The molecule has 2 aromatic rings. The van der Waals surface area contributed by atoms with Crippen molar-refractivity contribution in [3.05, 3.63) is 34.2 Å². The van der Waals surface area contributed by atoms with Gasteiger partial charge in [-0.2, -0.15) is 0 Å². The second-order valence-electron chi connectivity index (χ2n) is 4.64. The van der Waals surface area contributed by atoms with Gasteiger partial charge in [0, 0.05) is 11.6 Å². The molecule has 0 saturated carbocycles. The van der Waals surface area contributed by atoms with E-state index in [1.54, 1.807) is 6.92 Å². The maximum atomic E-state index is 10.9. The number of ether oxygens (including phenoxy) is 2. The van der Waals surface area contributed by atoms with Crippen molar-refractivity contribution in [3.63, 3.8) is 0 Å². The Morgan fingerprint density at radius 2 is 2.14 bits per heavy atom. The minimum atomic E-state index is -0.963. The minimum absolute atomic E-state index is 0.222. The van der Waals surface area contributed by atoms with E-state index >= 15 is 0 Å². The third kappa shape index (κ3) is 2.62. The zero-order valence-electron chi connectivity index (χ0n) is 11.5. The van der Waals surface area contributed by atoms with Crippen LogP contribution in [0.25, 0.3) is 16.8 Å². The molecule has 0 amide bonds. The van der Waals surface area contributed by atoms with Crippen molar-refractivity contribution >= 4 is 22.9 Å². The molecule has 1 aliphatic rings. The molecule has 1 aliphatic heterocycles. The average molecular weight is 303 g/mol. The predicted molar refractivity (Wildman–Crippen MR) is 79.7 cm³/mol. The van der Waals surface area contributed by atoms with Crippen LogP contribution in [0, 0.1) is 6.92 Å². The number of benzene rings is 1. The highest BCUT2D eigenvalue weighted by atomic mass is 32.1. The Morgan fingerprint density at radius 1 is 1.38 bits per heavy atom. The summed E-state index contributed by atoms with van der Waals surface area (Å²) in [6.45, 7) is 3.90. The van der Waals surface area contributed by atoms with Crippen molar-refractivity contribution < 1.29 is 19.4 Å². The first-order chi connectivity index (χ1) is 10.0. The van der Waals surface area contributed by atoms with Gasteiger partial charge in [-0.05, 0) is 37.6 Å². The molecule has 1 aromatic heterocycles. The number of rotatable bonds is 3. The molecule has 0 fully saturated rings. The molecule has 0 saturated heterocycles. The van der Waals surface area contributed by atoms with E-state index in [9.17, 15) is 4.79 Å². The zero-order chi connectivity index (χ0) is 15.0. The average Bonchev–Trinajstić information content (AvgIpc) is 3.02. The standard InChI is InChI=1S/C15H13NO4S/c1-8(5-13(17)18)15-14(16-9(2)21-15)10-3-4-11-12(6-10)20-7-19-11/h3-6H,7H2,1-2H3,(H,17,18)/b8-5+. The van der Waals surface area contributed by atoms with Gasteiger partial charge in [0.1, 0.15) is 0 Å². The number of aryl methyl sites for hydroxylation is 1. The Hall–Kier alpha value is -2.34. The number of aromatic nitrogens is 1.